The molecule has 0 unspecified atom stereocenters. The van der Waals surface area contributed by atoms with Crippen LogP contribution in [-0.4, -0.2) is 18.7 Å². The molecule has 7 heteroatoms. The molecule has 3 aromatic rings. The molecule has 0 aliphatic carbocycles. The van der Waals surface area contributed by atoms with Gasteiger partial charge in [-0.25, -0.2) is 8.42 Å². The Morgan fingerprint density at radius 3 is 2.56 bits per heavy atom. The van der Waals surface area contributed by atoms with Crippen molar-refractivity contribution in [3.05, 3.63) is 47.3 Å². The maximum Gasteiger partial charge on any atom is 0.238 e. The van der Waals surface area contributed by atoms with Gasteiger partial charge in [-0.05, 0) is 36.9 Å². The second-order valence-electron chi connectivity index (χ2n) is 5.74. The minimum Gasteiger partial charge on any atom is -0.428 e. The van der Waals surface area contributed by atoms with E-state index in [2.05, 4.69) is 11.9 Å². The van der Waals surface area contributed by atoms with Crippen LogP contribution >= 0.6 is 23.1 Å². The lowest BCUT2D eigenvalue weighted by atomic mass is 10.2. The molecule has 2 heterocycles. The van der Waals surface area contributed by atoms with Crippen molar-refractivity contribution < 1.29 is 12.8 Å². The van der Waals surface area contributed by atoms with Crippen LogP contribution in [0.15, 0.2) is 61.2 Å². The summed E-state index contributed by atoms with van der Waals surface area (Å²) in [6.07, 6.45) is 0.906. The standard InChI is InChI=1S/C18H19NO3S3/c1-4-13(3)24-18-17(19-16(22-18)15-6-5-11-23-15)25(20,21)14-9-7-12(2)8-10-14/h5-11,13H,4H2,1-3H3/t13-/m0/s1. The first kappa shape index (κ1) is 18.2. The van der Waals surface area contributed by atoms with E-state index in [0.717, 1.165) is 16.9 Å². The van der Waals surface area contributed by atoms with Crippen molar-refractivity contribution in [1.29, 1.82) is 0 Å². The van der Waals surface area contributed by atoms with Gasteiger partial charge in [-0.2, -0.15) is 4.98 Å². The molecule has 0 radical (unpaired) electrons. The number of thioether (sulfide) groups is 1. The van der Waals surface area contributed by atoms with Gasteiger partial charge in [0.2, 0.25) is 25.8 Å². The fourth-order valence-electron chi connectivity index (χ4n) is 2.14. The van der Waals surface area contributed by atoms with Crippen LogP contribution < -0.4 is 0 Å². The predicted molar refractivity (Wildman–Crippen MR) is 102 cm³/mol. The molecule has 3 rings (SSSR count). The highest BCUT2D eigenvalue weighted by Gasteiger charge is 2.29. The number of rotatable bonds is 6. The lowest BCUT2D eigenvalue weighted by Crippen LogP contribution is -2.05. The summed E-state index contributed by atoms with van der Waals surface area (Å²) in [6.45, 7) is 6.02. The average molecular weight is 394 g/mol. The molecule has 0 aliphatic rings. The van der Waals surface area contributed by atoms with Crippen LogP contribution in [0.1, 0.15) is 25.8 Å². The second-order valence-corrected chi connectivity index (χ2v) is 9.97. The average Bonchev–Trinajstić information content (AvgIpc) is 3.24. The highest BCUT2D eigenvalue weighted by molar-refractivity contribution is 8.00. The van der Waals surface area contributed by atoms with E-state index in [1.54, 1.807) is 24.3 Å². The number of aryl methyl sites for hydroxylation is 1. The fraction of sp³-hybridized carbons (Fsp3) is 0.278. The Bertz CT molecular complexity index is 942. The van der Waals surface area contributed by atoms with Crippen molar-refractivity contribution in [3.8, 4) is 10.8 Å². The minimum absolute atomic E-state index is 0.00468. The van der Waals surface area contributed by atoms with Crippen LogP contribution in [0.2, 0.25) is 0 Å². The van der Waals surface area contributed by atoms with Crippen LogP contribution in [0.3, 0.4) is 0 Å². The Morgan fingerprint density at radius 2 is 1.96 bits per heavy atom. The molecule has 132 valence electrons. The van der Waals surface area contributed by atoms with Gasteiger partial charge in [-0.1, -0.05) is 49.4 Å². The van der Waals surface area contributed by atoms with Crippen molar-refractivity contribution in [3.63, 3.8) is 0 Å². The Kier molecular flexibility index (Phi) is 5.36. The van der Waals surface area contributed by atoms with E-state index in [1.807, 2.05) is 31.4 Å². The molecule has 25 heavy (non-hydrogen) atoms. The number of hydrogen-bond acceptors (Lipinski definition) is 6. The van der Waals surface area contributed by atoms with Gasteiger partial charge in [0, 0.05) is 5.25 Å². The first-order valence-corrected chi connectivity index (χ1v) is 11.2. The van der Waals surface area contributed by atoms with E-state index < -0.39 is 9.84 Å². The van der Waals surface area contributed by atoms with Crippen molar-refractivity contribution in [2.45, 2.75) is 47.5 Å². The number of benzene rings is 1. The summed E-state index contributed by atoms with van der Waals surface area (Å²) < 4.78 is 32.0. The monoisotopic (exact) mass is 393 g/mol. The third kappa shape index (κ3) is 3.83. The third-order valence-electron chi connectivity index (χ3n) is 3.77. The number of nitrogens with zero attached hydrogens (tertiary/aromatic N) is 1. The molecule has 0 N–H and O–H groups in total. The first-order chi connectivity index (χ1) is 11.9. The van der Waals surface area contributed by atoms with E-state index in [0.29, 0.717) is 11.0 Å². The zero-order valence-electron chi connectivity index (χ0n) is 14.2. The Labute approximate surface area is 156 Å². The molecule has 0 spiro atoms. The smallest absolute Gasteiger partial charge is 0.238 e. The molecule has 0 bridgehead atoms. The van der Waals surface area contributed by atoms with Crippen molar-refractivity contribution in [2.75, 3.05) is 0 Å². The molecule has 0 amide bonds. The maximum absolute atomic E-state index is 13.1. The van der Waals surface area contributed by atoms with Crippen LogP contribution in [0.4, 0.5) is 0 Å². The minimum atomic E-state index is -3.73. The van der Waals surface area contributed by atoms with Crippen molar-refractivity contribution >= 4 is 32.9 Å². The SMILES string of the molecule is CC[C@H](C)Sc1oc(-c2cccs2)nc1S(=O)(=O)c1ccc(C)cc1. The summed E-state index contributed by atoms with van der Waals surface area (Å²) in [4.78, 5) is 5.39. The first-order valence-electron chi connectivity index (χ1n) is 7.95. The Morgan fingerprint density at radius 1 is 1.24 bits per heavy atom. The second kappa shape index (κ2) is 7.35. The summed E-state index contributed by atoms with van der Waals surface area (Å²) >= 11 is 2.88. The molecule has 0 aliphatic heterocycles. The lowest BCUT2D eigenvalue weighted by molar-refractivity contribution is 0.470. The van der Waals surface area contributed by atoms with Gasteiger partial charge in [0.25, 0.3) is 0 Å². The largest absolute Gasteiger partial charge is 0.428 e. The number of thiophene rings is 1. The number of oxazole rings is 1. The van der Waals surface area contributed by atoms with Crippen molar-refractivity contribution in [2.24, 2.45) is 0 Å². The molecule has 0 fully saturated rings. The number of hydrogen-bond donors (Lipinski definition) is 0. The number of sulfone groups is 1. The van der Waals surface area contributed by atoms with Gasteiger partial charge < -0.3 is 4.42 Å². The number of aromatic nitrogens is 1. The normalized spacial score (nSPS) is 13.1. The van der Waals surface area contributed by atoms with Gasteiger partial charge in [-0.15, -0.1) is 11.3 Å². The zero-order chi connectivity index (χ0) is 18.0. The van der Waals surface area contributed by atoms with E-state index in [9.17, 15) is 8.42 Å². The van der Waals surface area contributed by atoms with Crippen LogP contribution in [0.5, 0.6) is 0 Å². The van der Waals surface area contributed by atoms with Gasteiger partial charge in [-0.3, -0.25) is 0 Å². The Hall–Kier alpha value is -1.57. The summed E-state index contributed by atoms with van der Waals surface area (Å²) in [5, 5.41) is 2.51. The molecule has 0 saturated carbocycles. The zero-order valence-corrected chi connectivity index (χ0v) is 16.7. The van der Waals surface area contributed by atoms with Crippen molar-refractivity contribution in [1.82, 2.24) is 4.98 Å². The van der Waals surface area contributed by atoms with E-state index in [-0.39, 0.29) is 15.2 Å². The third-order valence-corrected chi connectivity index (χ3v) is 7.66. The molecule has 4 nitrogen and oxygen atoms in total. The maximum atomic E-state index is 13.1. The van der Waals surface area contributed by atoms with Gasteiger partial charge in [0.1, 0.15) is 0 Å². The molecule has 0 saturated heterocycles. The van der Waals surface area contributed by atoms with E-state index >= 15 is 0 Å². The summed E-state index contributed by atoms with van der Waals surface area (Å²) in [5.41, 5.74) is 1.01. The quantitative estimate of drug-likeness (QED) is 0.522. The predicted octanol–water partition coefficient (Wildman–Crippen LogP) is 5.43. The van der Waals surface area contributed by atoms with Gasteiger partial charge in [0.05, 0.1) is 9.77 Å². The summed E-state index contributed by atoms with van der Waals surface area (Å²) in [6, 6.07) is 10.6. The summed E-state index contributed by atoms with van der Waals surface area (Å²) in [7, 11) is -3.73. The highest BCUT2D eigenvalue weighted by atomic mass is 32.2. The molecule has 1 aromatic carbocycles. The fourth-order valence-corrected chi connectivity index (χ4v) is 5.25. The molecule has 1 atom stereocenters. The van der Waals surface area contributed by atoms with Gasteiger partial charge >= 0.3 is 0 Å². The topological polar surface area (TPSA) is 60.2 Å². The summed E-state index contributed by atoms with van der Waals surface area (Å²) in [5.74, 6) is 0.353. The van der Waals surface area contributed by atoms with Crippen LogP contribution in [0.25, 0.3) is 10.8 Å². The molecular weight excluding hydrogens is 374 g/mol. The van der Waals surface area contributed by atoms with Crippen LogP contribution in [-0.2, 0) is 9.84 Å². The Balaban J connectivity index is 2.10. The van der Waals surface area contributed by atoms with E-state index in [1.165, 1.54) is 23.1 Å². The van der Waals surface area contributed by atoms with Crippen LogP contribution in [0, 0.1) is 6.92 Å². The lowest BCUT2D eigenvalue weighted by Gasteiger charge is -2.07. The highest BCUT2D eigenvalue weighted by Crippen LogP contribution is 2.38. The van der Waals surface area contributed by atoms with E-state index in [4.69, 9.17) is 4.42 Å². The molecular formula is C18H19NO3S3. The molecule has 2 aromatic heterocycles. The van der Waals surface area contributed by atoms with Gasteiger partial charge in [0.15, 0.2) is 0 Å².